The van der Waals surface area contributed by atoms with Crippen molar-refractivity contribution in [2.75, 3.05) is 13.6 Å². The largest absolute Gasteiger partial charge is 0.423 e. The minimum absolute atomic E-state index is 0.0382. The van der Waals surface area contributed by atoms with Gasteiger partial charge in [-0.1, -0.05) is 18.2 Å². The van der Waals surface area contributed by atoms with Crippen molar-refractivity contribution in [3.05, 3.63) is 46.8 Å². The molecule has 2 aromatic rings. The minimum atomic E-state index is -0.302. The van der Waals surface area contributed by atoms with Crippen molar-refractivity contribution in [3.8, 4) is 0 Å². The molecule has 0 aliphatic carbocycles. The number of Topliss-reactive ketones (excluding diaryl/α,β-unsaturated/α-hetero) is 1. The highest BCUT2D eigenvalue weighted by atomic mass is 16.4. The van der Waals surface area contributed by atoms with Gasteiger partial charge < -0.3 is 21.6 Å². The van der Waals surface area contributed by atoms with Gasteiger partial charge in [0.25, 0.3) is 0 Å². The first-order chi connectivity index (χ1) is 10.5. The van der Waals surface area contributed by atoms with Gasteiger partial charge in [0.1, 0.15) is 11.4 Å². The predicted molar refractivity (Wildman–Crippen MR) is 88.6 cm³/mol. The van der Waals surface area contributed by atoms with Crippen LogP contribution in [0.3, 0.4) is 0 Å². The number of carbonyl (C=O) groups is 1. The highest BCUT2D eigenvalue weighted by Crippen LogP contribution is 2.08. The standard InChI is InChI=1S/C9H6O2.C5H11N3O.CH5N/c10-9-6-5-7-3-1-2-4-8(7)11-9;1-4(9)2-3-8-5(6)7;1-2/h1-6H;2-3H2,1H3,(H4,6,7,8);2H2,1H3. The van der Waals surface area contributed by atoms with Crippen LogP contribution in [-0.2, 0) is 4.79 Å². The Labute approximate surface area is 128 Å². The molecule has 0 saturated carbocycles. The number of hydrogen-bond donors (Lipinski definition) is 3. The molecule has 0 bridgehead atoms. The number of para-hydroxylation sites is 1. The quantitative estimate of drug-likeness (QED) is 0.431. The van der Waals surface area contributed by atoms with Crippen molar-refractivity contribution < 1.29 is 9.21 Å². The fourth-order valence-corrected chi connectivity index (χ4v) is 1.35. The van der Waals surface area contributed by atoms with E-state index in [0.717, 1.165) is 5.39 Å². The minimum Gasteiger partial charge on any atom is -0.423 e. The van der Waals surface area contributed by atoms with E-state index in [4.69, 9.17) is 15.9 Å². The van der Waals surface area contributed by atoms with Crippen LogP contribution in [0.4, 0.5) is 0 Å². The molecule has 0 spiro atoms. The van der Waals surface area contributed by atoms with Crippen LogP contribution < -0.4 is 22.8 Å². The molecule has 22 heavy (non-hydrogen) atoms. The predicted octanol–water partition coefficient (Wildman–Crippen LogP) is 0.607. The van der Waals surface area contributed by atoms with Gasteiger partial charge >= 0.3 is 5.63 Å². The van der Waals surface area contributed by atoms with E-state index in [2.05, 4.69) is 10.7 Å². The summed E-state index contributed by atoms with van der Waals surface area (Å²) in [6.45, 7) is 1.90. The van der Waals surface area contributed by atoms with E-state index in [9.17, 15) is 9.59 Å². The molecule has 120 valence electrons. The van der Waals surface area contributed by atoms with Crippen molar-refractivity contribution in [2.24, 2.45) is 22.2 Å². The number of aliphatic imine (C=N–C) groups is 1. The number of fused-ring (bicyclic) bond motifs is 1. The molecule has 1 aromatic heterocycles. The molecule has 0 amide bonds. The Kier molecular flexibility index (Phi) is 9.70. The fourth-order valence-electron chi connectivity index (χ4n) is 1.35. The molecule has 1 heterocycles. The van der Waals surface area contributed by atoms with Crippen LogP contribution in [0.25, 0.3) is 11.0 Å². The van der Waals surface area contributed by atoms with Crippen LogP contribution >= 0.6 is 0 Å². The molecule has 0 radical (unpaired) electrons. The van der Waals surface area contributed by atoms with E-state index in [-0.39, 0.29) is 17.4 Å². The summed E-state index contributed by atoms with van der Waals surface area (Å²) in [7, 11) is 1.50. The van der Waals surface area contributed by atoms with E-state index < -0.39 is 0 Å². The summed E-state index contributed by atoms with van der Waals surface area (Å²) in [4.78, 5) is 24.6. The fraction of sp³-hybridized carbons (Fsp3) is 0.267. The number of guanidine groups is 1. The molecule has 0 aliphatic rings. The van der Waals surface area contributed by atoms with E-state index in [1.807, 2.05) is 18.2 Å². The zero-order chi connectivity index (χ0) is 17.0. The summed E-state index contributed by atoms with van der Waals surface area (Å²) < 4.78 is 4.91. The molecule has 6 N–H and O–H groups in total. The molecule has 7 heteroatoms. The first kappa shape index (κ1) is 19.3. The van der Waals surface area contributed by atoms with E-state index in [1.165, 1.54) is 20.0 Å². The SMILES string of the molecule is CC(=O)CCN=C(N)N.CN.O=c1ccc2ccccc2o1. The van der Waals surface area contributed by atoms with Crippen molar-refractivity contribution in [2.45, 2.75) is 13.3 Å². The van der Waals surface area contributed by atoms with E-state index in [1.54, 1.807) is 12.1 Å². The molecule has 0 fully saturated rings. The van der Waals surface area contributed by atoms with Crippen LogP contribution in [0.15, 0.2) is 50.6 Å². The van der Waals surface area contributed by atoms with Crippen LogP contribution in [0, 0.1) is 0 Å². The van der Waals surface area contributed by atoms with Crippen molar-refractivity contribution >= 4 is 22.7 Å². The third kappa shape index (κ3) is 8.49. The Hall–Kier alpha value is -2.67. The van der Waals surface area contributed by atoms with Gasteiger partial charge in [0.15, 0.2) is 5.96 Å². The third-order valence-electron chi connectivity index (χ3n) is 2.29. The Morgan fingerprint density at radius 3 is 2.36 bits per heavy atom. The lowest BCUT2D eigenvalue weighted by molar-refractivity contribution is -0.116. The number of nitrogens with zero attached hydrogens (tertiary/aromatic N) is 1. The van der Waals surface area contributed by atoms with E-state index >= 15 is 0 Å². The van der Waals surface area contributed by atoms with Gasteiger partial charge in [0.05, 0.1) is 0 Å². The lowest BCUT2D eigenvalue weighted by Crippen LogP contribution is -2.23. The smallest absolute Gasteiger partial charge is 0.336 e. The molecule has 0 aliphatic heterocycles. The van der Waals surface area contributed by atoms with Crippen molar-refractivity contribution in [3.63, 3.8) is 0 Å². The number of rotatable bonds is 3. The highest BCUT2D eigenvalue weighted by Gasteiger charge is 1.92. The molecule has 7 nitrogen and oxygen atoms in total. The topological polar surface area (TPSA) is 138 Å². The number of ketones is 1. The van der Waals surface area contributed by atoms with Gasteiger partial charge in [-0.2, -0.15) is 0 Å². The monoisotopic (exact) mass is 306 g/mol. The summed E-state index contributed by atoms with van der Waals surface area (Å²) in [5, 5.41) is 0.951. The first-order valence-electron chi connectivity index (χ1n) is 6.60. The van der Waals surface area contributed by atoms with Gasteiger partial charge in [-0.15, -0.1) is 0 Å². The van der Waals surface area contributed by atoms with Gasteiger partial charge in [-0.25, -0.2) is 4.79 Å². The van der Waals surface area contributed by atoms with Gasteiger partial charge in [0, 0.05) is 24.4 Å². The summed E-state index contributed by atoms with van der Waals surface area (Å²) in [6.07, 6.45) is 0.415. The summed E-state index contributed by atoms with van der Waals surface area (Å²) >= 11 is 0. The average Bonchev–Trinajstić information content (AvgIpc) is 2.49. The van der Waals surface area contributed by atoms with Crippen LogP contribution in [0.2, 0.25) is 0 Å². The first-order valence-corrected chi connectivity index (χ1v) is 6.60. The third-order valence-corrected chi connectivity index (χ3v) is 2.29. The molecular formula is C15H22N4O3. The summed E-state index contributed by atoms with van der Waals surface area (Å²) in [5.41, 5.74) is 14.8. The lowest BCUT2D eigenvalue weighted by atomic mass is 10.2. The summed E-state index contributed by atoms with van der Waals surface area (Å²) in [6, 6.07) is 10.6. The summed E-state index contributed by atoms with van der Waals surface area (Å²) in [5.74, 6) is 0.135. The average molecular weight is 306 g/mol. The zero-order valence-electron chi connectivity index (χ0n) is 12.8. The zero-order valence-corrected chi connectivity index (χ0v) is 12.8. The maximum Gasteiger partial charge on any atom is 0.336 e. The molecule has 1 aromatic carbocycles. The number of carbonyl (C=O) groups excluding carboxylic acids is 1. The molecule has 2 rings (SSSR count). The number of benzene rings is 1. The van der Waals surface area contributed by atoms with Gasteiger partial charge in [0.2, 0.25) is 0 Å². The van der Waals surface area contributed by atoms with Crippen LogP contribution in [0.5, 0.6) is 0 Å². The Morgan fingerprint density at radius 1 is 1.14 bits per heavy atom. The number of hydrogen-bond acceptors (Lipinski definition) is 5. The van der Waals surface area contributed by atoms with Crippen LogP contribution in [0.1, 0.15) is 13.3 Å². The van der Waals surface area contributed by atoms with Gasteiger partial charge in [-0.3, -0.25) is 9.79 Å². The molecule has 0 saturated heterocycles. The second kappa shape index (κ2) is 11.0. The Balaban J connectivity index is 0.000000369. The van der Waals surface area contributed by atoms with Crippen molar-refractivity contribution in [1.82, 2.24) is 0 Å². The molecule has 0 atom stereocenters. The van der Waals surface area contributed by atoms with Crippen LogP contribution in [-0.4, -0.2) is 25.3 Å². The Bertz CT molecular complexity index is 661. The normalized spacial score (nSPS) is 8.86. The second-order valence-corrected chi connectivity index (χ2v) is 4.05. The number of nitrogens with two attached hydrogens (primary N) is 3. The molecular weight excluding hydrogens is 284 g/mol. The molecule has 0 unspecified atom stereocenters. The van der Waals surface area contributed by atoms with Crippen molar-refractivity contribution in [1.29, 1.82) is 0 Å². The maximum atomic E-state index is 10.7. The maximum absolute atomic E-state index is 10.7. The van der Waals surface area contributed by atoms with Gasteiger partial charge in [-0.05, 0) is 26.1 Å². The highest BCUT2D eigenvalue weighted by molar-refractivity contribution is 5.78. The lowest BCUT2D eigenvalue weighted by Gasteiger charge is -1.91. The Morgan fingerprint density at radius 2 is 1.77 bits per heavy atom. The van der Waals surface area contributed by atoms with E-state index in [0.29, 0.717) is 18.5 Å². The second-order valence-electron chi connectivity index (χ2n) is 4.05.